The zero-order valence-electron chi connectivity index (χ0n) is 9.63. The Morgan fingerprint density at radius 2 is 1.94 bits per heavy atom. The van der Waals surface area contributed by atoms with Gasteiger partial charge in [0, 0.05) is 13.2 Å². The van der Waals surface area contributed by atoms with Crippen LogP contribution < -0.4 is 0 Å². The maximum absolute atomic E-state index is 11.5. The van der Waals surface area contributed by atoms with Crippen LogP contribution in [0.5, 0.6) is 0 Å². The highest BCUT2D eigenvalue weighted by molar-refractivity contribution is 5.88. The van der Waals surface area contributed by atoms with Crippen molar-refractivity contribution in [2.24, 2.45) is 5.92 Å². The summed E-state index contributed by atoms with van der Waals surface area (Å²) in [5, 5.41) is 0. The zero-order valence-corrected chi connectivity index (χ0v) is 9.63. The van der Waals surface area contributed by atoms with E-state index in [9.17, 15) is 4.79 Å². The van der Waals surface area contributed by atoms with E-state index in [0.29, 0.717) is 18.1 Å². The third-order valence-electron chi connectivity index (χ3n) is 2.79. The van der Waals surface area contributed by atoms with Crippen LogP contribution in [0.3, 0.4) is 0 Å². The highest BCUT2D eigenvalue weighted by Gasteiger charge is 2.15. The molecule has 92 valence electrons. The Kier molecular flexibility index (Phi) is 4.53. The normalized spacial score (nSPS) is 16.7. The summed E-state index contributed by atoms with van der Waals surface area (Å²) in [7, 11) is 0. The molecular formula is C13H16O4. The summed E-state index contributed by atoms with van der Waals surface area (Å²) < 4.78 is 5.23. The second-order valence-corrected chi connectivity index (χ2v) is 4.08. The first kappa shape index (κ1) is 12.1. The Hall–Kier alpha value is -1.39. The molecule has 1 aromatic rings. The number of ether oxygens (including phenoxy) is 1. The van der Waals surface area contributed by atoms with Crippen LogP contribution in [0.2, 0.25) is 0 Å². The van der Waals surface area contributed by atoms with Crippen molar-refractivity contribution >= 4 is 5.97 Å². The Bertz CT molecular complexity index is 344. The monoisotopic (exact) mass is 236 g/mol. The van der Waals surface area contributed by atoms with Gasteiger partial charge in [-0.15, -0.1) is 0 Å². The molecule has 1 fully saturated rings. The van der Waals surface area contributed by atoms with Crippen molar-refractivity contribution in [3.63, 3.8) is 0 Å². The Labute approximate surface area is 100 Å². The highest BCUT2D eigenvalue weighted by Crippen LogP contribution is 2.15. The molecule has 4 heteroatoms. The largest absolute Gasteiger partial charge is 0.381 e. The fourth-order valence-electron chi connectivity index (χ4n) is 1.72. The number of carbonyl (C=O) groups excluding carboxylic acids is 1. The molecule has 2 rings (SSSR count). The van der Waals surface area contributed by atoms with Gasteiger partial charge in [-0.25, -0.2) is 4.79 Å². The molecule has 1 aliphatic heterocycles. The lowest BCUT2D eigenvalue weighted by Crippen LogP contribution is -2.21. The van der Waals surface area contributed by atoms with Crippen molar-refractivity contribution in [1.82, 2.24) is 0 Å². The first-order valence-electron chi connectivity index (χ1n) is 5.83. The third kappa shape index (κ3) is 3.84. The molecular weight excluding hydrogens is 220 g/mol. The maximum atomic E-state index is 11.5. The molecule has 1 heterocycles. The molecule has 0 unspecified atom stereocenters. The summed E-state index contributed by atoms with van der Waals surface area (Å²) in [6.07, 6.45) is 1.92. The third-order valence-corrected chi connectivity index (χ3v) is 2.79. The fraction of sp³-hybridized carbons (Fsp3) is 0.462. The van der Waals surface area contributed by atoms with Crippen LogP contribution in [0.15, 0.2) is 30.3 Å². The second-order valence-electron chi connectivity index (χ2n) is 4.08. The average Bonchev–Trinajstić information content (AvgIpc) is 2.41. The summed E-state index contributed by atoms with van der Waals surface area (Å²) in [5.41, 5.74) is 0.500. The summed E-state index contributed by atoms with van der Waals surface area (Å²) >= 11 is 0. The quantitative estimate of drug-likeness (QED) is 0.594. The van der Waals surface area contributed by atoms with Gasteiger partial charge in [0.1, 0.15) is 0 Å². The molecule has 0 radical (unpaired) electrons. The smallest absolute Gasteiger partial charge is 0.373 e. The highest BCUT2D eigenvalue weighted by atomic mass is 17.2. The van der Waals surface area contributed by atoms with Gasteiger partial charge in [-0.1, -0.05) is 18.2 Å². The molecule has 1 aromatic carbocycles. The van der Waals surface area contributed by atoms with Gasteiger partial charge in [-0.2, -0.15) is 4.89 Å². The Morgan fingerprint density at radius 3 is 2.65 bits per heavy atom. The predicted molar refractivity (Wildman–Crippen MR) is 61.4 cm³/mol. The minimum Gasteiger partial charge on any atom is -0.381 e. The molecule has 1 aliphatic rings. The van der Waals surface area contributed by atoms with E-state index in [2.05, 4.69) is 0 Å². The van der Waals surface area contributed by atoms with Crippen LogP contribution >= 0.6 is 0 Å². The van der Waals surface area contributed by atoms with Crippen LogP contribution in [0.1, 0.15) is 23.2 Å². The van der Waals surface area contributed by atoms with E-state index < -0.39 is 5.97 Å². The van der Waals surface area contributed by atoms with Crippen molar-refractivity contribution in [3.05, 3.63) is 35.9 Å². The lowest BCUT2D eigenvalue weighted by Gasteiger charge is -2.20. The topological polar surface area (TPSA) is 44.8 Å². The molecule has 4 nitrogen and oxygen atoms in total. The summed E-state index contributed by atoms with van der Waals surface area (Å²) in [5.74, 6) is -0.0232. The molecule has 17 heavy (non-hydrogen) atoms. The Balaban J connectivity index is 1.69. The van der Waals surface area contributed by atoms with E-state index >= 15 is 0 Å². The van der Waals surface area contributed by atoms with Gasteiger partial charge in [0.2, 0.25) is 0 Å². The second kappa shape index (κ2) is 6.37. The maximum Gasteiger partial charge on any atom is 0.373 e. The van der Waals surface area contributed by atoms with Crippen LogP contribution in [0, 0.1) is 5.92 Å². The molecule has 0 saturated carbocycles. The zero-order chi connectivity index (χ0) is 11.9. The van der Waals surface area contributed by atoms with E-state index in [1.807, 2.05) is 6.07 Å². The fourth-order valence-corrected chi connectivity index (χ4v) is 1.72. The standard InChI is InChI=1S/C13H16O4/c14-13(12-4-2-1-3-5-12)17-16-10-11-6-8-15-9-7-11/h1-5,11H,6-10H2. The number of hydrogen-bond acceptors (Lipinski definition) is 4. The minimum absolute atomic E-state index is 0.423. The number of benzene rings is 1. The summed E-state index contributed by atoms with van der Waals surface area (Å²) in [4.78, 5) is 21.2. The van der Waals surface area contributed by atoms with Crippen molar-refractivity contribution in [2.75, 3.05) is 19.8 Å². The van der Waals surface area contributed by atoms with Gasteiger partial charge in [0.05, 0.1) is 12.2 Å². The van der Waals surface area contributed by atoms with Gasteiger partial charge < -0.3 is 4.74 Å². The molecule has 0 amide bonds. The molecule has 0 aliphatic carbocycles. The summed E-state index contributed by atoms with van der Waals surface area (Å²) in [6, 6.07) is 8.81. The molecule has 0 atom stereocenters. The van der Waals surface area contributed by atoms with Crippen LogP contribution in [-0.4, -0.2) is 25.8 Å². The van der Waals surface area contributed by atoms with Gasteiger partial charge >= 0.3 is 5.97 Å². The van der Waals surface area contributed by atoms with Crippen molar-refractivity contribution in [2.45, 2.75) is 12.8 Å². The lowest BCUT2D eigenvalue weighted by molar-refractivity contribution is -0.251. The molecule has 0 spiro atoms. The molecule has 1 saturated heterocycles. The van der Waals surface area contributed by atoms with Crippen LogP contribution in [0.4, 0.5) is 0 Å². The molecule has 0 N–H and O–H groups in total. The molecule has 0 aromatic heterocycles. The van der Waals surface area contributed by atoms with Crippen molar-refractivity contribution in [1.29, 1.82) is 0 Å². The predicted octanol–water partition coefficient (Wildman–Crippen LogP) is 2.20. The van der Waals surface area contributed by atoms with Crippen molar-refractivity contribution < 1.29 is 19.3 Å². The van der Waals surface area contributed by atoms with E-state index in [1.54, 1.807) is 24.3 Å². The van der Waals surface area contributed by atoms with Crippen molar-refractivity contribution in [3.8, 4) is 0 Å². The minimum atomic E-state index is -0.447. The van der Waals surface area contributed by atoms with E-state index in [4.69, 9.17) is 14.5 Å². The van der Waals surface area contributed by atoms with E-state index in [1.165, 1.54) is 0 Å². The van der Waals surface area contributed by atoms with Gasteiger partial charge in [-0.05, 0) is 30.9 Å². The number of carbonyl (C=O) groups is 1. The Morgan fingerprint density at radius 1 is 1.24 bits per heavy atom. The number of hydrogen-bond donors (Lipinski definition) is 0. The average molecular weight is 236 g/mol. The van der Waals surface area contributed by atoms with Crippen LogP contribution in [-0.2, 0) is 14.5 Å². The SMILES string of the molecule is O=C(OOCC1CCOCC1)c1ccccc1. The molecule has 0 bridgehead atoms. The summed E-state index contributed by atoms with van der Waals surface area (Å²) in [6.45, 7) is 1.98. The number of rotatable bonds is 4. The van der Waals surface area contributed by atoms with Crippen LogP contribution in [0.25, 0.3) is 0 Å². The lowest BCUT2D eigenvalue weighted by atomic mass is 10.0. The van der Waals surface area contributed by atoms with Gasteiger partial charge in [0.15, 0.2) is 0 Å². The van der Waals surface area contributed by atoms with Gasteiger partial charge in [-0.3, -0.25) is 4.89 Å². The first-order chi connectivity index (χ1) is 8.36. The van der Waals surface area contributed by atoms with E-state index in [-0.39, 0.29) is 0 Å². The first-order valence-corrected chi connectivity index (χ1v) is 5.83. The van der Waals surface area contributed by atoms with Gasteiger partial charge in [0.25, 0.3) is 0 Å². The van der Waals surface area contributed by atoms with E-state index in [0.717, 1.165) is 26.1 Å².